The van der Waals surface area contributed by atoms with Crippen LogP contribution in [0.25, 0.3) is 0 Å². The SMILES string of the molecule is N[C@@H]1CCCN(CC(=O)Nc2cc(F)cc(F)c2)C1. The van der Waals surface area contributed by atoms with Gasteiger partial charge in [-0.25, -0.2) is 8.78 Å². The Kier molecular flexibility index (Phi) is 4.44. The maximum absolute atomic E-state index is 13.0. The van der Waals surface area contributed by atoms with Crippen LogP contribution in [0.1, 0.15) is 12.8 Å². The Balaban J connectivity index is 1.90. The first-order valence-electron chi connectivity index (χ1n) is 6.27. The molecule has 2 rings (SSSR count). The third kappa shape index (κ3) is 4.25. The highest BCUT2D eigenvalue weighted by Crippen LogP contribution is 2.13. The van der Waals surface area contributed by atoms with E-state index < -0.39 is 11.6 Å². The van der Waals surface area contributed by atoms with Gasteiger partial charge >= 0.3 is 0 Å². The van der Waals surface area contributed by atoms with Gasteiger partial charge in [-0.05, 0) is 31.5 Å². The molecule has 0 aliphatic carbocycles. The number of rotatable bonds is 3. The monoisotopic (exact) mass is 269 g/mol. The number of piperidine rings is 1. The van der Waals surface area contributed by atoms with E-state index in [1.807, 2.05) is 4.90 Å². The van der Waals surface area contributed by atoms with Crippen LogP contribution in [0.15, 0.2) is 18.2 Å². The molecule has 1 atom stereocenters. The highest BCUT2D eigenvalue weighted by Gasteiger charge is 2.18. The molecule has 0 saturated carbocycles. The van der Waals surface area contributed by atoms with E-state index in [4.69, 9.17) is 5.73 Å². The van der Waals surface area contributed by atoms with Crippen molar-refractivity contribution in [1.82, 2.24) is 4.90 Å². The van der Waals surface area contributed by atoms with Gasteiger partial charge in [-0.3, -0.25) is 9.69 Å². The third-order valence-electron chi connectivity index (χ3n) is 3.06. The second-order valence-electron chi connectivity index (χ2n) is 4.84. The summed E-state index contributed by atoms with van der Waals surface area (Å²) in [5, 5.41) is 2.48. The Bertz CT molecular complexity index is 447. The molecule has 1 amide bonds. The maximum Gasteiger partial charge on any atom is 0.238 e. The normalized spacial score (nSPS) is 20.3. The molecule has 0 aromatic heterocycles. The smallest absolute Gasteiger partial charge is 0.238 e. The number of nitrogens with zero attached hydrogens (tertiary/aromatic N) is 1. The van der Waals surface area contributed by atoms with Crippen LogP contribution >= 0.6 is 0 Å². The van der Waals surface area contributed by atoms with Crippen molar-refractivity contribution in [3.05, 3.63) is 29.8 Å². The molecule has 4 nitrogen and oxygen atoms in total. The number of carbonyl (C=O) groups excluding carboxylic acids is 1. The minimum Gasteiger partial charge on any atom is -0.327 e. The van der Waals surface area contributed by atoms with Crippen molar-refractivity contribution in [2.75, 3.05) is 25.0 Å². The lowest BCUT2D eigenvalue weighted by atomic mass is 10.1. The lowest BCUT2D eigenvalue weighted by molar-refractivity contribution is -0.117. The fourth-order valence-corrected chi connectivity index (χ4v) is 2.26. The van der Waals surface area contributed by atoms with Gasteiger partial charge in [0.2, 0.25) is 5.91 Å². The summed E-state index contributed by atoms with van der Waals surface area (Å²) < 4.78 is 25.9. The number of halogens is 2. The van der Waals surface area contributed by atoms with Crippen molar-refractivity contribution >= 4 is 11.6 Å². The van der Waals surface area contributed by atoms with Crippen LogP contribution < -0.4 is 11.1 Å². The Morgan fingerprint density at radius 3 is 2.68 bits per heavy atom. The average molecular weight is 269 g/mol. The summed E-state index contributed by atoms with van der Waals surface area (Å²) in [6, 6.07) is 3.03. The maximum atomic E-state index is 13.0. The second kappa shape index (κ2) is 6.08. The molecule has 6 heteroatoms. The van der Waals surface area contributed by atoms with E-state index in [9.17, 15) is 13.6 Å². The van der Waals surface area contributed by atoms with Gasteiger partial charge in [0.25, 0.3) is 0 Å². The molecule has 104 valence electrons. The lowest BCUT2D eigenvalue weighted by Crippen LogP contribution is -2.45. The molecule has 1 heterocycles. The molecule has 1 aliphatic heterocycles. The predicted octanol–water partition coefficient (Wildman–Crippen LogP) is 1.33. The minimum atomic E-state index is -0.713. The Morgan fingerprint density at radius 2 is 2.05 bits per heavy atom. The fourth-order valence-electron chi connectivity index (χ4n) is 2.26. The van der Waals surface area contributed by atoms with E-state index in [1.54, 1.807) is 0 Å². The van der Waals surface area contributed by atoms with Gasteiger partial charge < -0.3 is 11.1 Å². The number of hydrogen-bond acceptors (Lipinski definition) is 3. The van der Waals surface area contributed by atoms with E-state index in [2.05, 4.69) is 5.32 Å². The number of nitrogens with two attached hydrogens (primary N) is 1. The highest BCUT2D eigenvalue weighted by molar-refractivity contribution is 5.92. The number of hydrogen-bond donors (Lipinski definition) is 2. The molecule has 1 saturated heterocycles. The summed E-state index contributed by atoms with van der Waals surface area (Å²) in [4.78, 5) is 13.7. The first-order chi connectivity index (χ1) is 9.02. The van der Waals surface area contributed by atoms with E-state index in [0.717, 1.165) is 37.6 Å². The van der Waals surface area contributed by atoms with Crippen LogP contribution in [0.4, 0.5) is 14.5 Å². The van der Waals surface area contributed by atoms with Gasteiger partial charge in [-0.2, -0.15) is 0 Å². The number of anilines is 1. The van der Waals surface area contributed by atoms with Crippen molar-refractivity contribution in [2.24, 2.45) is 5.73 Å². The molecule has 3 N–H and O–H groups in total. The van der Waals surface area contributed by atoms with Crippen LogP contribution in [0.5, 0.6) is 0 Å². The number of benzene rings is 1. The van der Waals surface area contributed by atoms with E-state index in [0.29, 0.717) is 6.54 Å². The van der Waals surface area contributed by atoms with Crippen LogP contribution in [0.3, 0.4) is 0 Å². The van der Waals surface area contributed by atoms with Crippen molar-refractivity contribution in [3.8, 4) is 0 Å². The Morgan fingerprint density at radius 1 is 1.37 bits per heavy atom. The highest BCUT2D eigenvalue weighted by atomic mass is 19.1. The van der Waals surface area contributed by atoms with Crippen LogP contribution in [0.2, 0.25) is 0 Å². The quantitative estimate of drug-likeness (QED) is 0.870. The summed E-state index contributed by atoms with van der Waals surface area (Å²) >= 11 is 0. The molecule has 1 aromatic carbocycles. The molecular weight excluding hydrogens is 252 g/mol. The van der Waals surface area contributed by atoms with Gasteiger partial charge in [0.05, 0.1) is 6.54 Å². The molecule has 1 aromatic rings. The Hall–Kier alpha value is -1.53. The molecule has 0 unspecified atom stereocenters. The topological polar surface area (TPSA) is 58.4 Å². The van der Waals surface area contributed by atoms with Gasteiger partial charge in [-0.1, -0.05) is 0 Å². The molecule has 0 spiro atoms. The predicted molar refractivity (Wildman–Crippen MR) is 68.6 cm³/mol. The first kappa shape index (κ1) is 13.9. The lowest BCUT2D eigenvalue weighted by Gasteiger charge is -2.29. The number of carbonyl (C=O) groups is 1. The van der Waals surface area contributed by atoms with E-state index in [1.165, 1.54) is 0 Å². The fraction of sp³-hybridized carbons (Fsp3) is 0.462. The van der Waals surface area contributed by atoms with Gasteiger partial charge in [0.15, 0.2) is 0 Å². The summed E-state index contributed by atoms with van der Waals surface area (Å²) in [7, 11) is 0. The molecule has 1 aliphatic rings. The zero-order valence-corrected chi connectivity index (χ0v) is 10.5. The number of amides is 1. The summed E-state index contributed by atoms with van der Waals surface area (Å²) in [5.41, 5.74) is 5.95. The summed E-state index contributed by atoms with van der Waals surface area (Å²) in [6.45, 7) is 1.68. The Labute approximate surface area is 110 Å². The van der Waals surface area contributed by atoms with E-state index in [-0.39, 0.29) is 24.2 Å². The zero-order valence-electron chi connectivity index (χ0n) is 10.5. The van der Waals surface area contributed by atoms with Crippen LogP contribution in [-0.2, 0) is 4.79 Å². The number of likely N-dealkylation sites (tertiary alicyclic amines) is 1. The van der Waals surface area contributed by atoms with Crippen LogP contribution in [-0.4, -0.2) is 36.5 Å². The third-order valence-corrected chi connectivity index (χ3v) is 3.06. The second-order valence-corrected chi connectivity index (χ2v) is 4.84. The molecular formula is C13H17F2N3O. The van der Waals surface area contributed by atoms with Crippen molar-refractivity contribution < 1.29 is 13.6 Å². The van der Waals surface area contributed by atoms with Gasteiger partial charge in [0, 0.05) is 24.3 Å². The molecule has 19 heavy (non-hydrogen) atoms. The van der Waals surface area contributed by atoms with E-state index >= 15 is 0 Å². The molecule has 0 bridgehead atoms. The van der Waals surface area contributed by atoms with Crippen molar-refractivity contribution in [3.63, 3.8) is 0 Å². The van der Waals surface area contributed by atoms with Crippen LogP contribution in [0, 0.1) is 11.6 Å². The van der Waals surface area contributed by atoms with Crippen molar-refractivity contribution in [2.45, 2.75) is 18.9 Å². The largest absolute Gasteiger partial charge is 0.327 e. The van der Waals surface area contributed by atoms with Gasteiger partial charge in [-0.15, -0.1) is 0 Å². The summed E-state index contributed by atoms with van der Waals surface area (Å²) in [6.07, 6.45) is 1.93. The average Bonchev–Trinajstić information content (AvgIpc) is 2.26. The summed E-state index contributed by atoms with van der Waals surface area (Å²) in [5.74, 6) is -1.72. The zero-order chi connectivity index (χ0) is 13.8. The van der Waals surface area contributed by atoms with Gasteiger partial charge in [0.1, 0.15) is 11.6 Å². The standard InChI is InChI=1S/C13H17F2N3O/c14-9-4-10(15)6-12(5-9)17-13(19)8-18-3-1-2-11(16)7-18/h4-6,11H,1-3,7-8,16H2,(H,17,19)/t11-/m1/s1. The molecule has 1 fully saturated rings. The van der Waals surface area contributed by atoms with Crippen molar-refractivity contribution in [1.29, 1.82) is 0 Å². The molecule has 0 radical (unpaired) electrons. The number of nitrogens with one attached hydrogen (secondary N) is 1. The minimum absolute atomic E-state index is 0.0909. The first-order valence-corrected chi connectivity index (χ1v) is 6.27.